The lowest BCUT2D eigenvalue weighted by Crippen LogP contribution is -2.56. The molecule has 0 radical (unpaired) electrons. The van der Waals surface area contributed by atoms with Crippen LogP contribution in [0.5, 0.6) is 0 Å². The zero-order valence-electron chi connectivity index (χ0n) is 14.9. The Morgan fingerprint density at radius 2 is 2.00 bits per heavy atom. The number of hydrogen-bond acceptors (Lipinski definition) is 4. The monoisotopic (exact) mass is 365 g/mol. The number of rotatable bonds is 6. The van der Waals surface area contributed by atoms with Crippen molar-refractivity contribution in [2.24, 2.45) is 11.8 Å². The molecule has 7 heteroatoms. The van der Waals surface area contributed by atoms with Gasteiger partial charge in [0.1, 0.15) is 0 Å². The summed E-state index contributed by atoms with van der Waals surface area (Å²) in [6.07, 6.45) is 3.54. The van der Waals surface area contributed by atoms with E-state index in [9.17, 15) is 13.2 Å². The molecule has 3 aliphatic heterocycles. The van der Waals surface area contributed by atoms with Crippen LogP contribution in [0.15, 0.2) is 29.2 Å². The summed E-state index contributed by atoms with van der Waals surface area (Å²) in [4.78, 5) is 13.7. The first-order chi connectivity index (χ1) is 11.9. The van der Waals surface area contributed by atoms with Crippen molar-refractivity contribution in [3.8, 4) is 0 Å². The fourth-order valence-corrected chi connectivity index (χ4v) is 5.21. The van der Waals surface area contributed by atoms with E-state index in [1.54, 1.807) is 12.1 Å². The molecule has 0 spiro atoms. The number of anilines is 1. The first-order valence-electron chi connectivity index (χ1n) is 9.00. The maximum atomic E-state index is 12.5. The number of carbonyl (C=O) groups excluding carboxylic acids is 1. The lowest BCUT2D eigenvalue weighted by Gasteiger charge is -2.49. The van der Waals surface area contributed by atoms with Gasteiger partial charge in [0.2, 0.25) is 15.9 Å². The van der Waals surface area contributed by atoms with E-state index in [-0.39, 0.29) is 10.8 Å². The van der Waals surface area contributed by atoms with Gasteiger partial charge in [-0.2, -0.15) is 0 Å². The number of carbonyl (C=O) groups is 1. The zero-order valence-corrected chi connectivity index (χ0v) is 15.7. The average Bonchev–Trinajstić information content (AvgIpc) is 2.60. The van der Waals surface area contributed by atoms with Gasteiger partial charge in [-0.1, -0.05) is 13.3 Å². The lowest BCUT2D eigenvalue weighted by atomic mass is 9.74. The summed E-state index contributed by atoms with van der Waals surface area (Å²) >= 11 is 0. The summed E-state index contributed by atoms with van der Waals surface area (Å²) < 4.78 is 27.8. The van der Waals surface area contributed by atoms with Crippen LogP contribution in [-0.4, -0.2) is 44.9 Å². The SMILES string of the molecule is CC[C@H]1CN2CC[C@H]1C[C@@H]2CNS(=O)(=O)c1ccc(NC(C)=O)cc1. The molecule has 25 heavy (non-hydrogen) atoms. The molecule has 3 fully saturated rings. The average molecular weight is 365 g/mol. The van der Waals surface area contributed by atoms with Gasteiger partial charge < -0.3 is 5.32 Å². The second-order valence-electron chi connectivity index (χ2n) is 7.16. The molecule has 4 atom stereocenters. The third kappa shape index (κ3) is 4.22. The lowest BCUT2D eigenvalue weighted by molar-refractivity contribution is -0.114. The number of fused-ring (bicyclic) bond motifs is 3. The van der Waals surface area contributed by atoms with Crippen LogP contribution in [0, 0.1) is 11.8 Å². The van der Waals surface area contributed by atoms with Crippen LogP contribution < -0.4 is 10.0 Å². The molecule has 3 aliphatic rings. The van der Waals surface area contributed by atoms with Crippen LogP contribution in [0.25, 0.3) is 0 Å². The van der Waals surface area contributed by atoms with Crippen molar-refractivity contribution in [3.05, 3.63) is 24.3 Å². The minimum Gasteiger partial charge on any atom is -0.326 e. The molecule has 1 aromatic rings. The maximum absolute atomic E-state index is 12.5. The Labute approximate surface area is 150 Å². The molecular formula is C18H27N3O3S. The smallest absolute Gasteiger partial charge is 0.240 e. The second-order valence-corrected chi connectivity index (χ2v) is 8.93. The highest BCUT2D eigenvalue weighted by Gasteiger charge is 2.39. The van der Waals surface area contributed by atoms with Crippen LogP contribution in [0.1, 0.15) is 33.1 Å². The Balaban J connectivity index is 1.60. The Morgan fingerprint density at radius 1 is 1.28 bits per heavy atom. The minimum atomic E-state index is -3.53. The number of piperidine rings is 3. The molecule has 0 aromatic heterocycles. The Kier molecular flexibility index (Phi) is 5.46. The van der Waals surface area contributed by atoms with E-state index in [4.69, 9.17) is 0 Å². The van der Waals surface area contributed by atoms with E-state index < -0.39 is 10.0 Å². The predicted molar refractivity (Wildman–Crippen MR) is 97.8 cm³/mol. The van der Waals surface area contributed by atoms with Crippen molar-refractivity contribution in [3.63, 3.8) is 0 Å². The highest BCUT2D eigenvalue weighted by Crippen LogP contribution is 2.37. The van der Waals surface area contributed by atoms with Gasteiger partial charge in [0.15, 0.2) is 0 Å². The second kappa shape index (κ2) is 7.43. The summed E-state index contributed by atoms with van der Waals surface area (Å²) in [5.41, 5.74) is 0.591. The van der Waals surface area contributed by atoms with Crippen molar-refractivity contribution >= 4 is 21.6 Å². The number of sulfonamides is 1. The van der Waals surface area contributed by atoms with E-state index in [1.165, 1.54) is 31.9 Å². The van der Waals surface area contributed by atoms with Gasteiger partial charge in [-0.15, -0.1) is 0 Å². The normalized spacial score (nSPS) is 28.7. The largest absolute Gasteiger partial charge is 0.326 e. The summed E-state index contributed by atoms with van der Waals surface area (Å²) in [6, 6.07) is 6.55. The van der Waals surface area contributed by atoms with Gasteiger partial charge in [0.05, 0.1) is 4.90 Å². The molecule has 2 N–H and O–H groups in total. The molecule has 1 unspecified atom stereocenters. The van der Waals surface area contributed by atoms with E-state index in [1.807, 2.05) is 0 Å². The van der Waals surface area contributed by atoms with Crippen molar-refractivity contribution in [2.45, 2.75) is 44.0 Å². The van der Waals surface area contributed by atoms with Gasteiger partial charge in [-0.05, 0) is 55.5 Å². The van der Waals surface area contributed by atoms with Crippen LogP contribution >= 0.6 is 0 Å². The zero-order chi connectivity index (χ0) is 18.0. The highest BCUT2D eigenvalue weighted by atomic mass is 32.2. The van der Waals surface area contributed by atoms with Crippen molar-refractivity contribution in [1.29, 1.82) is 0 Å². The molecule has 3 saturated heterocycles. The maximum Gasteiger partial charge on any atom is 0.240 e. The van der Waals surface area contributed by atoms with Crippen LogP contribution in [0.2, 0.25) is 0 Å². The molecule has 0 aliphatic carbocycles. The third-order valence-electron chi connectivity index (χ3n) is 5.53. The molecule has 4 rings (SSSR count). The van der Waals surface area contributed by atoms with E-state index in [2.05, 4.69) is 21.9 Å². The molecule has 2 bridgehead atoms. The fourth-order valence-electron chi connectivity index (χ4n) is 4.13. The Bertz CT molecular complexity index is 718. The standard InChI is InChI=1S/C18H27N3O3S/c1-3-14-12-21-9-8-15(14)10-17(21)11-19-25(23,24)18-6-4-16(5-7-18)20-13(2)22/h4-7,14-15,17,19H,3,8-12H2,1-2H3,(H,20,22)/t14-,15-,17+/m0/s1. The van der Waals surface area contributed by atoms with Gasteiger partial charge in [0, 0.05) is 31.7 Å². The Morgan fingerprint density at radius 3 is 2.56 bits per heavy atom. The van der Waals surface area contributed by atoms with Crippen LogP contribution in [0.4, 0.5) is 5.69 Å². The van der Waals surface area contributed by atoms with Gasteiger partial charge in [0.25, 0.3) is 0 Å². The van der Waals surface area contributed by atoms with E-state index in [0.717, 1.165) is 31.3 Å². The minimum absolute atomic E-state index is 0.180. The number of amides is 1. The van der Waals surface area contributed by atoms with Gasteiger partial charge in [-0.3, -0.25) is 9.69 Å². The van der Waals surface area contributed by atoms with E-state index >= 15 is 0 Å². The van der Waals surface area contributed by atoms with Crippen molar-refractivity contribution in [1.82, 2.24) is 9.62 Å². The topological polar surface area (TPSA) is 78.5 Å². The molecule has 3 heterocycles. The first-order valence-corrected chi connectivity index (χ1v) is 10.5. The van der Waals surface area contributed by atoms with E-state index in [0.29, 0.717) is 18.3 Å². The number of nitrogens with zero attached hydrogens (tertiary/aromatic N) is 1. The number of benzene rings is 1. The summed E-state index contributed by atoms with van der Waals surface area (Å²) in [5.74, 6) is 1.32. The molecule has 0 saturated carbocycles. The van der Waals surface area contributed by atoms with Crippen molar-refractivity contribution in [2.75, 3.05) is 25.0 Å². The molecule has 1 amide bonds. The summed E-state index contributed by atoms with van der Waals surface area (Å²) in [6.45, 7) is 6.30. The van der Waals surface area contributed by atoms with Gasteiger partial charge in [-0.25, -0.2) is 13.1 Å². The van der Waals surface area contributed by atoms with Crippen molar-refractivity contribution < 1.29 is 13.2 Å². The molecular weight excluding hydrogens is 338 g/mol. The summed E-state index contributed by atoms with van der Waals surface area (Å²) in [5, 5.41) is 2.63. The van der Waals surface area contributed by atoms with Crippen LogP contribution in [0.3, 0.4) is 0 Å². The highest BCUT2D eigenvalue weighted by molar-refractivity contribution is 7.89. The van der Waals surface area contributed by atoms with Gasteiger partial charge >= 0.3 is 0 Å². The predicted octanol–water partition coefficient (Wildman–Crippen LogP) is 2.04. The Hall–Kier alpha value is -1.44. The summed E-state index contributed by atoms with van der Waals surface area (Å²) in [7, 11) is -3.53. The quantitative estimate of drug-likeness (QED) is 0.809. The van der Waals surface area contributed by atoms with Crippen LogP contribution in [-0.2, 0) is 14.8 Å². The fraction of sp³-hybridized carbons (Fsp3) is 0.611. The molecule has 6 nitrogen and oxygen atoms in total. The molecule has 138 valence electrons. The number of nitrogens with one attached hydrogen (secondary N) is 2. The number of hydrogen-bond donors (Lipinski definition) is 2. The first kappa shape index (κ1) is 18.4. The third-order valence-corrected chi connectivity index (χ3v) is 6.97. The molecule has 1 aromatic carbocycles.